The highest BCUT2D eigenvalue weighted by molar-refractivity contribution is 8.00. The lowest BCUT2D eigenvalue weighted by Crippen LogP contribution is -2.25. The maximum absolute atomic E-state index is 12.0. The van der Waals surface area contributed by atoms with E-state index in [9.17, 15) is 14.4 Å². The third kappa shape index (κ3) is 8.39. The summed E-state index contributed by atoms with van der Waals surface area (Å²) >= 11 is 1.26. The Balaban J connectivity index is 1.69. The average Bonchev–Trinajstić information content (AvgIpc) is 2.68. The van der Waals surface area contributed by atoms with Gasteiger partial charge in [-0.2, -0.15) is 0 Å². The van der Waals surface area contributed by atoms with Crippen molar-refractivity contribution < 1.29 is 14.4 Å². The van der Waals surface area contributed by atoms with Crippen LogP contribution in [0.15, 0.2) is 48.5 Å². The van der Waals surface area contributed by atoms with Crippen molar-refractivity contribution in [2.24, 2.45) is 5.92 Å². The third-order valence-corrected chi connectivity index (χ3v) is 4.94. The van der Waals surface area contributed by atoms with Crippen molar-refractivity contribution in [2.45, 2.75) is 27.3 Å². The molecular weight excluding hydrogens is 386 g/mol. The highest BCUT2D eigenvalue weighted by atomic mass is 32.2. The lowest BCUT2D eigenvalue weighted by molar-refractivity contribution is -0.119. The quantitative estimate of drug-likeness (QED) is 0.586. The van der Waals surface area contributed by atoms with Crippen molar-refractivity contribution in [1.82, 2.24) is 5.32 Å². The van der Waals surface area contributed by atoms with E-state index in [0.29, 0.717) is 12.2 Å². The summed E-state index contributed by atoms with van der Waals surface area (Å²) in [5, 5.41) is 8.47. The smallest absolute Gasteiger partial charge is 0.234 e. The van der Waals surface area contributed by atoms with Crippen molar-refractivity contribution in [3.05, 3.63) is 59.7 Å². The molecule has 7 heteroatoms. The summed E-state index contributed by atoms with van der Waals surface area (Å²) in [6.45, 7) is 6.01. The summed E-state index contributed by atoms with van der Waals surface area (Å²) in [4.78, 5) is 35.7. The van der Waals surface area contributed by atoms with E-state index in [2.05, 4.69) is 16.0 Å². The molecule has 2 rings (SSSR count). The minimum Gasteiger partial charge on any atom is -0.351 e. The van der Waals surface area contributed by atoms with Crippen LogP contribution in [-0.4, -0.2) is 29.2 Å². The maximum Gasteiger partial charge on any atom is 0.234 e. The molecule has 0 unspecified atom stereocenters. The van der Waals surface area contributed by atoms with Gasteiger partial charge in [-0.3, -0.25) is 14.4 Å². The highest BCUT2D eigenvalue weighted by Gasteiger charge is 2.09. The minimum atomic E-state index is -0.144. The molecular formula is C22H27N3O3S. The van der Waals surface area contributed by atoms with Crippen LogP contribution in [0.25, 0.3) is 0 Å². The molecule has 0 aliphatic rings. The Bertz CT molecular complexity index is 851. The fourth-order valence-corrected chi connectivity index (χ4v) is 3.01. The van der Waals surface area contributed by atoms with Crippen LogP contribution in [0.4, 0.5) is 11.4 Å². The normalized spacial score (nSPS) is 10.5. The monoisotopic (exact) mass is 413 g/mol. The van der Waals surface area contributed by atoms with Gasteiger partial charge in [0.2, 0.25) is 17.7 Å². The molecule has 6 nitrogen and oxygen atoms in total. The van der Waals surface area contributed by atoms with Crippen LogP contribution in [0, 0.1) is 12.8 Å². The Kier molecular flexibility index (Phi) is 8.73. The first-order valence-corrected chi connectivity index (χ1v) is 10.6. The van der Waals surface area contributed by atoms with Crippen LogP contribution >= 0.6 is 11.8 Å². The standard InChI is InChI=1S/C22H27N3O3S/c1-15(2)22(28)25-19-6-4-5-17(11-19)12-23-20(26)13-29-14-21(27)24-18-9-7-16(3)8-10-18/h4-11,15H,12-14H2,1-3H3,(H,23,26)(H,24,27)(H,25,28). The van der Waals surface area contributed by atoms with Gasteiger partial charge in [0.1, 0.15) is 0 Å². The van der Waals surface area contributed by atoms with Crippen LogP contribution in [0.5, 0.6) is 0 Å². The Morgan fingerprint density at radius 2 is 1.59 bits per heavy atom. The average molecular weight is 414 g/mol. The van der Waals surface area contributed by atoms with E-state index in [1.54, 1.807) is 0 Å². The van der Waals surface area contributed by atoms with Gasteiger partial charge in [-0.15, -0.1) is 11.8 Å². The van der Waals surface area contributed by atoms with Gasteiger partial charge in [0.05, 0.1) is 11.5 Å². The molecule has 0 atom stereocenters. The van der Waals surface area contributed by atoms with Gasteiger partial charge in [-0.25, -0.2) is 0 Å². The molecule has 0 fully saturated rings. The highest BCUT2D eigenvalue weighted by Crippen LogP contribution is 2.12. The molecule has 0 spiro atoms. The third-order valence-electron chi connectivity index (χ3n) is 4.01. The first-order valence-electron chi connectivity index (χ1n) is 9.44. The number of anilines is 2. The van der Waals surface area contributed by atoms with Gasteiger partial charge in [-0.1, -0.05) is 43.7 Å². The molecule has 3 amide bonds. The molecule has 0 heterocycles. The molecule has 154 valence electrons. The molecule has 0 saturated carbocycles. The summed E-state index contributed by atoms with van der Waals surface area (Å²) in [5.41, 5.74) is 3.47. The molecule has 0 bridgehead atoms. The van der Waals surface area contributed by atoms with Crippen molar-refractivity contribution in [1.29, 1.82) is 0 Å². The zero-order valence-electron chi connectivity index (χ0n) is 17.0. The fraction of sp³-hybridized carbons (Fsp3) is 0.318. The van der Waals surface area contributed by atoms with Crippen LogP contribution < -0.4 is 16.0 Å². The number of hydrogen-bond acceptors (Lipinski definition) is 4. The van der Waals surface area contributed by atoms with E-state index in [4.69, 9.17) is 0 Å². The predicted molar refractivity (Wildman–Crippen MR) is 119 cm³/mol. The zero-order chi connectivity index (χ0) is 21.2. The van der Waals surface area contributed by atoms with E-state index in [-0.39, 0.29) is 35.1 Å². The van der Waals surface area contributed by atoms with Gasteiger partial charge in [0.15, 0.2) is 0 Å². The van der Waals surface area contributed by atoms with Crippen LogP contribution in [-0.2, 0) is 20.9 Å². The number of hydrogen-bond donors (Lipinski definition) is 3. The number of benzene rings is 2. The van der Waals surface area contributed by atoms with Crippen molar-refractivity contribution in [3.8, 4) is 0 Å². The first-order chi connectivity index (χ1) is 13.8. The fourth-order valence-electron chi connectivity index (χ4n) is 2.37. The minimum absolute atomic E-state index is 0.0495. The molecule has 2 aromatic carbocycles. The number of amides is 3. The Morgan fingerprint density at radius 3 is 2.28 bits per heavy atom. The summed E-state index contributed by atoms with van der Waals surface area (Å²) in [5.74, 6) is -0.0246. The maximum atomic E-state index is 12.0. The molecule has 0 saturated heterocycles. The molecule has 3 N–H and O–H groups in total. The van der Waals surface area contributed by atoms with Crippen molar-refractivity contribution in [2.75, 3.05) is 22.1 Å². The van der Waals surface area contributed by atoms with Crippen LogP contribution in [0.2, 0.25) is 0 Å². The molecule has 0 aromatic heterocycles. The second-order valence-corrected chi connectivity index (χ2v) is 8.01. The summed E-state index contributed by atoms with van der Waals surface area (Å²) in [6.07, 6.45) is 0. The predicted octanol–water partition coefficient (Wildman–Crippen LogP) is 3.58. The van der Waals surface area contributed by atoms with E-state index in [0.717, 1.165) is 16.8 Å². The van der Waals surface area contributed by atoms with Crippen LogP contribution in [0.1, 0.15) is 25.0 Å². The largest absolute Gasteiger partial charge is 0.351 e. The van der Waals surface area contributed by atoms with E-state index < -0.39 is 0 Å². The van der Waals surface area contributed by atoms with E-state index in [1.807, 2.05) is 69.3 Å². The number of nitrogens with one attached hydrogen (secondary N) is 3. The van der Waals surface area contributed by atoms with E-state index >= 15 is 0 Å². The Hall–Kier alpha value is -2.80. The second-order valence-electron chi connectivity index (χ2n) is 7.03. The van der Waals surface area contributed by atoms with Gasteiger partial charge >= 0.3 is 0 Å². The number of rotatable bonds is 9. The van der Waals surface area contributed by atoms with E-state index in [1.165, 1.54) is 11.8 Å². The van der Waals surface area contributed by atoms with Crippen molar-refractivity contribution >= 4 is 40.9 Å². The first kappa shape index (κ1) is 22.5. The molecule has 2 aromatic rings. The number of carbonyl (C=O) groups excluding carboxylic acids is 3. The Morgan fingerprint density at radius 1 is 0.897 bits per heavy atom. The van der Waals surface area contributed by atoms with Gasteiger partial charge < -0.3 is 16.0 Å². The lowest BCUT2D eigenvalue weighted by Gasteiger charge is -2.10. The summed E-state index contributed by atoms with van der Waals surface area (Å²) in [6, 6.07) is 14.9. The Labute approximate surface area is 175 Å². The zero-order valence-corrected chi connectivity index (χ0v) is 17.8. The topological polar surface area (TPSA) is 87.3 Å². The summed E-state index contributed by atoms with van der Waals surface area (Å²) in [7, 11) is 0. The second kappa shape index (κ2) is 11.3. The lowest BCUT2D eigenvalue weighted by atomic mass is 10.1. The molecule has 0 radical (unpaired) electrons. The molecule has 0 aliphatic carbocycles. The van der Waals surface area contributed by atoms with Gasteiger partial charge in [-0.05, 0) is 36.8 Å². The van der Waals surface area contributed by atoms with Crippen molar-refractivity contribution in [3.63, 3.8) is 0 Å². The number of thioether (sulfide) groups is 1. The van der Waals surface area contributed by atoms with Gasteiger partial charge in [0, 0.05) is 23.8 Å². The van der Waals surface area contributed by atoms with Gasteiger partial charge in [0.25, 0.3) is 0 Å². The van der Waals surface area contributed by atoms with Crippen LogP contribution in [0.3, 0.4) is 0 Å². The number of carbonyl (C=O) groups is 3. The molecule has 0 aliphatic heterocycles. The SMILES string of the molecule is Cc1ccc(NC(=O)CSCC(=O)NCc2cccc(NC(=O)C(C)C)c2)cc1. The summed E-state index contributed by atoms with van der Waals surface area (Å²) < 4.78 is 0. The molecule has 29 heavy (non-hydrogen) atoms. The number of aryl methyl sites for hydroxylation is 1.